The zero-order chi connectivity index (χ0) is 19.9. The minimum absolute atomic E-state index is 0.184. The molecule has 4 nitrogen and oxygen atoms in total. The summed E-state index contributed by atoms with van der Waals surface area (Å²) < 4.78 is 13.0. The minimum Gasteiger partial charge on any atom is -0.350 e. The predicted octanol–water partition coefficient (Wildman–Crippen LogP) is 4.57. The molecule has 5 heteroatoms. The van der Waals surface area contributed by atoms with E-state index in [-0.39, 0.29) is 17.8 Å². The van der Waals surface area contributed by atoms with Crippen molar-refractivity contribution < 1.29 is 9.18 Å². The Bertz CT molecular complexity index is 911. The number of carbonyl (C=O) groups is 1. The van der Waals surface area contributed by atoms with Crippen LogP contribution in [0.5, 0.6) is 0 Å². The van der Waals surface area contributed by atoms with E-state index in [0.717, 1.165) is 11.4 Å². The van der Waals surface area contributed by atoms with Crippen LogP contribution in [0.1, 0.15) is 35.3 Å². The topological polar surface area (TPSA) is 45.2 Å². The molecule has 0 aliphatic heterocycles. The fraction of sp³-hybridized carbons (Fsp3) is 0.217. The molecule has 28 heavy (non-hydrogen) atoms. The smallest absolute Gasteiger partial charge is 0.251 e. The first-order valence-electron chi connectivity index (χ1n) is 9.32. The first-order valence-corrected chi connectivity index (χ1v) is 9.32. The van der Waals surface area contributed by atoms with Crippen LogP contribution in [0, 0.1) is 5.82 Å². The van der Waals surface area contributed by atoms with Crippen LogP contribution >= 0.6 is 0 Å². The largest absolute Gasteiger partial charge is 0.350 e. The van der Waals surface area contributed by atoms with Crippen molar-refractivity contribution in [3.8, 4) is 0 Å². The van der Waals surface area contributed by atoms with E-state index in [1.807, 2.05) is 24.3 Å². The molecular formula is C23H24FN3O. The van der Waals surface area contributed by atoms with Crippen molar-refractivity contribution in [2.75, 3.05) is 4.90 Å². The minimum atomic E-state index is -0.291. The number of hydrogen-bond donors (Lipinski definition) is 1. The molecule has 3 aromatic rings. The monoisotopic (exact) mass is 377 g/mol. The van der Waals surface area contributed by atoms with E-state index in [9.17, 15) is 9.18 Å². The zero-order valence-electron chi connectivity index (χ0n) is 16.1. The maximum absolute atomic E-state index is 13.0. The number of rotatable bonds is 7. The molecule has 0 unspecified atom stereocenters. The molecule has 3 rings (SSSR count). The maximum atomic E-state index is 13.0. The highest BCUT2D eigenvalue weighted by Crippen LogP contribution is 2.19. The third-order valence-corrected chi connectivity index (χ3v) is 4.49. The van der Waals surface area contributed by atoms with Gasteiger partial charge in [0.1, 0.15) is 11.6 Å². The average molecular weight is 377 g/mol. The summed E-state index contributed by atoms with van der Waals surface area (Å²) in [5, 5.41) is 2.87. The van der Waals surface area contributed by atoms with Crippen LogP contribution in [-0.2, 0) is 13.1 Å². The van der Waals surface area contributed by atoms with E-state index >= 15 is 0 Å². The van der Waals surface area contributed by atoms with Crippen LogP contribution in [0.3, 0.4) is 0 Å². The number of nitrogens with one attached hydrogen (secondary N) is 1. The number of anilines is 1. The second-order valence-corrected chi connectivity index (χ2v) is 6.92. The fourth-order valence-electron chi connectivity index (χ4n) is 2.91. The molecule has 0 saturated carbocycles. The third-order valence-electron chi connectivity index (χ3n) is 4.49. The molecule has 0 aliphatic carbocycles. The van der Waals surface area contributed by atoms with Crippen molar-refractivity contribution in [3.05, 3.63) is 95.4 Å². The number of pyridine rings is 1. The quantitative estimate of drug-likeness (QED) is 0.656. The molecule has 144 valence electrons. The number of hydrogen-bond acceptors (Lipinski definition) is 3. The number of carbonyl (C=O) groups excluding carboxylic acids is 1. The maximum Gasteiger partial charge on any atom is 0.251 e. The lowest BCUT2D eigenvalue weighted by Crippen LogP contribution is -2.31. The number of aromatic nitrogens is 1. The summed E-state index contributed by atoms with van der Waals surface area (Å²) in [6, 6.07) is 20.0. The molecule has 1 aromatic heterocycles. The lowest BCUT2D eigenvalue weighted by molar-refractivity contribution is 0.0951. The summed E-state index contributed by atoms with van der Waals surface area (Å²) in [7, 11) is 0. The van der Waals surface area contributed by atoms with Crippen molar-refractivity contribution in [2.24, 2.45) is 0 Å². The lowest BCUT2D eigenvalue weighted by Gasteiger charge is -2.28. The normalized spacial score (nSPS) is 10.7. The van der Waals surface area contributed by atoms with Crippen molar-refractivity contribution in [1.82, 2.24) is 10.3 Å². The second-order valence-electron chi connectivity index (χ2n) is 6.92. The van der Waals surface area contributed by atoms with Crippen LogP contribution in [0.15, 0.2) is 72.9 Å². The van der Waals surface area contributed by atoms with Crippen LogP contribution in [0.25, 0.3) is 0 Å². The second kappa shape index (κ2) is 9.13. The Morgan fingerprint density at radius 3 is 2.43 bits per heavy atom. The van der Waals surface area contributed by atoms with E-state index < -0.39 is 0 Å². The van der Waals surface area contributed by atoms with Gasteiger partial charge in [-0.2, -0.15) is 0 Å². The lowest BCUT2D eigenvalue weighted by atomic mass is 10.1. The Kier molecular flexibility index (Phi) is 6.37. The van der Waals surface area contributed by atoms with Gasteiger partial charge in [0.2, 0.25) is 0 Å². The van der Waals surface area contributed by atoms with Crippen LogP contribution in [0.2, 0.25) is 0 Å². The van der Waals surface area contributed by atoms with Crippen molar-refractivity contribution in [3.63, 3.8) is 0 Å². The SMILES string of the molecule is CC(C)N(Cc1ccccc1)c1cc(C(=O)NCc2ccc(F)cc2)ccn1. The summed E-state index contributed by atoms with van der Waals surface area (Å²) in [5.41, 5.74) is 2.58. The van der Waals surface area contributed by atoms with Crippen LogP contribution in [0.4, 0.5) is 10.2 Å². The molecule has 1 heterocycles. The highest BCUT2D eigenvalue weighted by Gasteiger charge is 2.15. The van der Waals surface area contributed by atoms with Gasteiger partial charge in [0, 0.05) is 30.9 Å². The highest BCUT2D eigenvalue weighted by molar-refractivity contribution is 5.94. The first-order chi connectivity index (χ1) is 13.5. The Morgan fingerprint density at radius 1 is 1.04 bits per heavy atom. The molecule has 0 bridgehead atoms. The number of benzene rings is 2. The van der Waals surface area contributed by atoms with Gasteiger partial charge in [-0.25, -0.2) is 9.37 Å². The van der Waals surface area contributed by atoms with Crippen molar-refractivity contribution >= 4 is 11.7 Å². The summed E-state index contributed by atoms with van der Waals surface area (Å²) in [5.74, 6) is 0.283. The van der Waals surface area contributed by atoms with Gasteiger partial charge in [0.05, 0.1) is 0 Å². The van der Waals surface area contributed by atoms with Gasteiger partial charge in [-0.05, 0) is 49.2 Å². The molecular weight excluding hydrogens is 353 g/mol. The van der Waals surface area contributed by atoms with Gasteiger partial charge in [-0.3, -0.25) is 4.79 Å². The predicted molar refractivity (Wildman–Crippen MR) is 110 cm³/mol. The van der Waals surface area contributed by atoms with E-state index in [4.69, 9.17) is 0 Å². The molecule has 1 N–H and O–H groups in total. The van der Waals surface area contributed by atoms with Gasteiger partial charge in [-0.15, -0.1) is 0 Å². The van der Waals surface area contributed by atoms with E-state index in [2.05, 4.69) is 41.2 Å². The average Bonchev–Trinajstić information content (AvgIpc) is 2.72. The van der Waals surface area contributed by atoms with E-state index in [1.54, 1.807) is 24.4 Å². The van der Waals surface area contributed by atoms with Gasteiger partial charge in [0.25, 0.3) is 5.91 Å². The Balaban J connectivity index is 1.72. The Hall–Kier alpha value is -3.21. The summed E-state index contributed by atoms with van der Waals surface area (Å²) in [4.78, 5) is 19.2. The van der Waals surface area contributed by atoms with E-state index in [1.165, 1.54) is 17.7 Å². The summed E-state index contributed by atoms with van der Waals surface area (Å²) in [6.07, 6.45) is 1.66. The van der Waals surface area contributed by atoms with E-state index in [0.29, 0.717) is 18.7 Å². The first kappa shape index (κ1) is 19.5. The summed E-state index contributed by atoms with van der Waals surface area (Å²) >= 11 is 0. The van der Waals surface area contributed by atoms with Gasteiger partial charge in [0.15, 0.2) is 0 Å². The molecule has 0 radical (unpaired) electrons. The number of amides is 1. The molecule has 0 aliphatic rings. The van der Waals surface area contributed by atoms with Crippen molar-refractivity contribution in [2.45, 2.75) is 33.0 Å². The zero-order valence-corrected chi connectivity index (χ0v) is 16.1. The number of halogens is 1. The van der Waals surface area contributed by atoms with Gasteiger partial charge < -0.3 is 10.2 Å². The van der Waals surface area contributed by atoms with Crippen molar-refractivity contribution in [1.29, 1.82) is 0 Å². The fourth-order valence-corrected chi connectivity index (χ4v) is 2.91. The molecule has 0 fully saturated rings. The molecule has 1 amide bonds. The standard InChI is InChI=1S/C23H24FN3O/c1-17(2)27(16-19-6-4-3-5-7-19)22-14-20(12-13-25-22)23(28)26-15-18-8-10-21(24)11-9-18/h3-14,17H,15-16H2,1-2H3,(H,26,28). The molecule has 0 saturated heterocycles. The Labute approximate surface area is 165 Å². The van der Waals surface area contributed by atoms with Gasteiger partial charge >= 0.3 is 0 Å². The Morgan fingerprint density at radius 2 is 1.75 bits per heavy atom. The number of nitrogens with zero attached hydrogens (tertiary/aromatic N) is 2. The van der Waals surface area contributed by atoms with Crippen LogP contribution < -0.4 is 10.2 Å². The molecule has 0 atom stereocenters. The molecule has 2 aromatic carbocycles. The highest BCUT2D eigenvalue weighted by atomic mass is 19.1. The van der Waals surface area contributed by atoms with Crippen LogP contribution in [-0.4, -0.2) is 16.9 Å². The summed E-state index contributed by atoms with van der Waals surface area (Å²) in [6.45, 7) is 5.26. The molecule has 0 spiro atoms. The third kappa shape index (κ3) is 5.16. The van der Waals surface area contributed by atoms with Gasteiger partial charge in [-0.1, -0.05) is 42.5 Å².